The molecule has 0 aliphatic heterocycles. The van der Waals surface area contributed by atoms with Gasteiger partial charge in [0.1, 0.15) is 0 Å². The molecule has 3 nitrogen and oxygen atoms in total. The standard InChI is InChI=1S/C16H17BrN2OS/c1-10(18)12-3-8-16(15(17)9-12)21-14-6-4-13(5-7-14)19-11(2)20/h3-10H,18H2,1-2H3,(H,19,20)/t10-/m0/s1. The second-order valence-electron chi connectivity index (χ2n) is 4.79. The van der Waals surface area contributed by atoms with E-state index < -0.39 is 0 Å². The molecule has 2 rings (SSSR count). The zero-order valence-corrected chi connectivity index (χ0v) is 14.3. The van der Waals surface area contributed by atoms with Gasteiger partial charge in [0.05, 0.1) is 0 Å². The summed E-state index contributed by atoms with van der Waals surface area (Å²) in [4.78, 5) is 13.2. The highest BCUT2D eigenvalue weighted by molar-refractivity contribution is 9.10. The van der Waals surface area contributed by atoms with E-state index in [0.29, 0.717) is 0 Å². The Morgan fingerprint density at radius 1 is 1.24 bits per heavy atom. The van der Waals surface area contributed by atoms with Crippen molar-refractivity contribution < 1.29 is 4.79 Å². The average Bonchev–Trinajstić information content (AvgIpc) is 2.42. The van der Waals surface area contributed by atoms with Gasteiger partial charge in [-0.25, -0.2) is 0 Å². The first-order valence-electron chi connectivity index (χ1n) is 6.56. The number of hydrogen-bond acceptors (Lipinski definition) is 3. The summed E-state index contributed by atoms with van der Waals surface area (Å²) in [7, 11) is 0. The van der Waals surface area contributed by atoms with Crippen molar-refractivity contribution in [3.63, 3.8) is 0 Å². The summed E-state index contributed by atoms with van der Waals surface area (Å²) in [5.41, 5.74) is 7.79. The highest BCUT2D eigenvalue weighted by Crippen LogP contribution is 2.35. The van der Waals surface area contributed by atoms with Gasteiger partial charge in [-0.05, 0) is 64.8 Å². The Morgan fingerprint density at radius 3 is 2.43 bits per heavy atom. The minimum Gasteiger partial charge on any atom is -0.326 e. The third-order valence-electron chi connectivity index (χ3n) is 2.88. The third-order valence-corrected chi connectivity index (χ3v) is 4.89. The quantitative estimate of drug-likeness (QED) is 0.834. The molecule has 5 heteroatoms. The fourth-order valence-electron chi connectivity index (χ4n) is 1.82. The van der Waals surface area contributed by atoms with E-state index in [1.807, 2.05) is 37.3 Å². The van der Waals surface area contributed by atoms with Crippen molar-refractivity contribution in [2.24, 2.45) is 5.73 Å². The molecule has 0 saturated carbocycles. The van der Waals surface area contributed by atoms with Gasteiger partial charge in [-0.15, -0.1) is 0 Å². The monoisotopic (exact) mass is 364 g/mol. The summed E-state index contributed by atoms with van der Waals surface area (Å²) in [6.45, 7) is 3.47. The maximum atomic E-state index is 11.0. The first-order chi connectivity index (χ1) is 9.95. The SMILES string of the molecule is CC(=O)Nc1ccc(Sc2ccc([C@H](C)N)cc2Br)cc1. The van der Waals surface area contributed by atoms with Crippen LogP contribution in [0.25, 0.3) is 0 Å². The van der Waals surface area contributed by atoms with Crippen molar-refractivity contribution in [3.8, 4) is 0 Å². The van der Waals surface area contributed by atoms with Crippen LogP contribution in [0.4, 0.5) is 5.69 Å². The summed E-state index contributed by atoms with van der Waals surface area (Å²) >= 11 is 5.25. The fourth-order valence-corrected chi connectivity index (χ4v) is 3.28. The van der Waals surface area contributed by atoms with Crippen LogP contribution in [0.1, 0.15) is 25.5 Å². The number of amides is 1. The number of nitrogens with two attached hydrogens (primary N) is 1. The number of rotatable bonds is 4. The second kappa shape index (κ2) is 7.11. The molecule has 0 aromatic heterocycles. The number of carbonyl (C=O) groups excluding carboxylic acids is 1. The highest BCUT2D eigenvalue weighted by atomic mass is 79.9. The molecule has 0 radical (unpaired) electrons. The second-order valence-corrected chi connectivity index (χ2v) is 6.76. The van der Waals surface area contributed by atoms with Crippen LogP contribution in [0.15, 0.2) is 56.7 Å². The van der Waals surface area contributed by atoms with E-state index in [9.17, 15) is 4.79 Å². The Kier molecular flexibility index (Phi) is 5.45. The van der Waals surface area contributed by atoms with Crippen molar-refractivity contribution >= 4 is 39.3 Å². The molecule has 0 aliphatic rings. The lowest BCUT2D eigenvalue weighted by atomic mass is 10.1. The molecule has 0 bridgehead atoms. The van der Waals surface area contributed by atoms with E-state index in [4.69, 9.17) is 5.73 Å². The summed E-state index contributed by atoms with van der Waals surface area (Å²) < 4.78 is 1.04. The van der Waals surface area contributed by atoms with Gasteiger partial charge in [0.2, 0.25) is 5.91 Å². The molecule has 0 spiro atoms. The van der Waals surface area contributed by atoms with Gasteiger partial charge in [-0.3, -0.25) is 4.79 Å². The molecular formula is C16H17BrN2OS. The molecule has 21 heavy (non-hydrogen) atoms. The molecule has 3 N–H and O–H groups in total. The zero-order chi connectivity index (χ0) is 15.4. The first-order valence-corrected chi connectivity index (χ1v) is 8.17. The average molecular weight is 365 g/mol. The summed E-state index contributed by atoms with van der Waals surface area (Å²) in [6, 6.07) is 14.0. The largest absolute Gasteiger partial charge is 0.326 e. The van der Waals surface area contributed by atoms with E-state index in [2.05, 4.69) is 33.4 Å². The van der Waals surface area contributed by atoms with Crippen LogP contribution in [0, 0.1) is 0 Å². The smallest absolute Gasteiger partial charge is 0.221 e. The van der Waals surface area contributed by atoms with Crippen molar-refractivity contribution in [1.29, 1.82) is 0 Å². The van der Waals surface area contributed by atoms with Gasteiger partial charge in [-0.1, -0.05) is 17.8 Å². The summed E-state index contributed by atoms with van der Waals surface area (Å²) in [6.07, 6.45) is 0. The van der Waals surface area contributed by atoms with E-state index in [1.54, 1.807) is 11.8 Å². The van der Waals surface area contributed by atoms with Gasteiger partial charge in [0.15, 0.2) is 0 Å². The van der Waals surface area contributed by atoms with Crippen LogP contribution in [0.5, 0.6) is 0 Å². The predicted octanol–water partition coefficient (Wildman–Crippen LogP) is 4.58. The molecule has 1 amide bonds. The van der Waals surface area contributed by atoms with Crippen LogP contribution in [0.3, 0.4) is 0 Å². The molecule has 0 heterocycles. The molecule has 0 unspecified atom stereocenters. The molecular weight excluding hydrogens is 348 g/mol. The Labute approximate surface area is 137 Å². The summed E-state index contributed by atoms with van der Waals surface area (Å²) in [5, 5.41) is 2.76. The van der Waals surface area contributed by atoms with Gasteiger partial charge in [0, 0.05) is 32.9 Å². The topological polar surface area (TPSA) is 55.1 Å². The lowest BCUT2D eigenvalue weighted by molar-refractivity contribution is -0.114. The molecule has 0 fully saturated rings. The van der Waals surface area contributed by atoms with Crippen molar-refractivity contribution in [2.45, 2.75) is 29.7 Å². The molecule has 0 saturated heterocycles. The van der Waals surface area contributed by atoms with Crippen LogP contribution in [-0.2, 0) is 4.79 Å². The van der Waals surface area contributed by atoms with Gasteiger partial charge >= 0.3 is 0 Å². The molecule has 110 valence electrons. The zero-order valence-electron chi connectivity index (χ0n) is 11.9. The van der Waals surface area contributed by atoms with Gasteiger partial charge < -0.3 is 11.1 Å². The van der Waals surface area contributed by atoms with Crippen LogP contribution >= 0.6 is 27.7 Å². The fraction of sp³-hybridized carbons (Fsp3) is 0.188. The minimum atomic E-state index is -0.0651. The molecule has 2 aromatic carbocycles. The Balaban J connectivity index is 2.13. The van der Waals surface area contributed by atoms with Crippen LogP contribution in [-0.4, -0.2) is 5.91 Å². The van der Waals surface area contributed by atoms with E-state index in [1.165, 1.54) is 6.92 Å². The molecule has 0 aliphatic carbocycles. The Hall–Kier alpha value is -1.30. The van der Waals surface area contributed by atoms with E-state index in [-0.39, 0.29) is 11.9 Å². The Morgan fingerprint density at radius 2 is 1.90 bits per heavy atom. The normalized spacial score (nSPS) is 12.0. The maximum absolute atomic E-state index is 11.0. The van der Waals surface area contributed by atoms with Crippen LogP contribution < -0.4 is 11.1 Å². The predicted molar refractivity (Wildman–Crippen MR) is 91.6 cm³/mol. The molecule has 2 aromatic rings. The van der Waals surface area contributed by atoms with Crippen LogP contribution in [0.2, 0.25) is 0 Å². The highest BCUT2D eigenvalue weighted by Gasteiger charge is 2.06. The summed E-state index contributed by atoms with van der Waals surface area (Å²) in [5.74, 6) is -0.0651. The van der Waals surface area contributed by atoms with Gasteiger partial charge in [0.25, 0.3) is 0 Å². The third kappa shape index (κ3) is 4.59. The number of anilines is 1. The lowest BCUT2D eigenvalue weighted by Crippen LogP contribution is -2.05. The Bertz CT molecular complexity index is 641. The number of carbonyl (C=O) groups is 1. The maximum Gasteiger partial charge on any atom is 0.221 e. The van der Waals surface area contributed by atoms with E-state index >= 15 is 0 Å². The number of hydrogen-bond donors (Lipinski definition) is 2. The van der Waals surface area contributed by atoms with Crippen molar-refractivity contribution in [2.75, 3.05) is 5.32 Å². The van der Waals surface area contributed by atoms with Crippen molar-refractivity contribution in [1.82, 2.24) is 0 Å². The number of benzene rings is 2. The number of nitrogens with one attached hydrogen (secondary N) is 1. The van der Waals surface area contributed by atoms with Crippen molar-refractivity contribution in [3.05, 3.63) is 52.5 Å². The lowest BCUT2D eigenvalue weighted by Gasteiger charge is -2.10. The molecule has 1 atom stereocenters. The minimum absolute atomic E-state index is 0.0253. The first kappa shape index (κ1) is 16.1. The van der Waals surface area contributed by atoms with Gasteiger partial charge in [-0.2, -0.15) is 0 Å². The van der Waals surface area contributed by atoms with E-state index in [0.717, 1.165) is 25.5 Å². The number of halogens is 1.